The Hall–Kier alpha value is -4.36. The maximum atomic E-state index is 12.9. The molecule has 4 rings (SSSR count). The molecule has 32 heteroatoms. The quantitative estimate of drug-likeness (QED) is 0.0310. The summed E-state index contributed by atoms with van der Waals surface area (Å²) in [5, 5.41) is 52.4. The lowest BCUT2D eigenvalue weighted by atomic mass is 9.98. The summed E-state index contributed by atoms with van der Waals surface area (Å²) >= 11 is 0. The molecule has 0 spiro atoms. The molecule has 2 aliphatic rings. The third kappa shape index (κ3) is 28.1. The molecule has 2 amide bonds. The fourth-order valence-corrected chi connectivity index (χ4v) is 7.18. The fourth-order valence-electron chi connectivity index (χ4n) is 7.18. The van der Waals surface area contributed by atoms with Crippen LogP contribution < -0.4 is 21.3 Å². The van der Waals surface area contributed by atoms with Gasteiger partial charge in [-0.05, 0) is 12.1 Å². The standard InChI is InChI=1S/C48H76F6N8O18/c1-32(26-75-10-4-39(63)55-8-12-69-14-16-71-18-20-73-22-24-77-30-35-43(67)41(65)33(28-79-35)59-45-57-6-2-37(61-45)47(49,50)51)27-76-11-5-40(64)56-9-13-70-15-17-72-19-21-74-23-25-78-31-36-44(68)42(66)34(29-80-36)60-46-58-7-3-38(62-46)48(52,53)54/h2-3,6-7,32-36,41-44,65-68H,4-5,8-31H2,1H3,(H,55,63)(H,56,64)(H,57,59,61)(H,58,60,62)/t33-,34-,35+,36+,41+,42+,43-,44-/m0/s1. The van der Waals surface area contributed by atoms with Crippen LogP contribution in [0.1, 0.15) is 31.2 Å². The first-order valence-electron chi connectivity index (χ1n) is 26.0. The first kappa shape index (κ1) is 68.1. The molecule has 8 atom stereocenters. The number of alkyl halides is 6. The number of hydrogen-bond acceptors (Lipinski definition) is 24. The van der Waals surface area contributed by atoms with E-state index in [1.807, 2.05) is 6.92 Å². The number of anilines is 2. The topological polar surface area (TPSA) is 325 Å². The second-order valence-electron chi connectivity index (χ2n) is 18.0. The van der Waals surface area contributed by atoms with Crippen molar-refractivity contribution in [1.82, 2.24) is 30.6 Å². The molecular weight excluding hydrogens is 1090 g/mol. The number of nitrogens with zero attached hydrogens (tertiary/aromatic N) is 4. The zero-order valence-electron chi connectivity index (χ0n) is 44.5. The van der Waals surface area contributed by atoms with Crippen molar-refractivity contribution in [3.8, 4) is 0 Å². The van der Waals surface area contributed by atoms with Crippen molar-refractivity contribution in [2.24, 2.45) is 5.92 Å². The number of hydrogen-bond donors (Lipinski definition) is 8. The smallest absolute Gasteiger partial charge is 0.388 e. The van der Waals surface area contributed by atoms with Gasteiger partial charge >= 0.3 is 12.4 Å². The van der Waals surface area contributed by atoms with Crippen LogP contribution in [0.25, 0.3) is 0 Å². The minimum absolute atomic E-state index is 0.0461. The van der Waals surface area contributed by atoms with Crippen LogP contribution in [0.15, 0.2) is 24.5 Å². The van der Waals surface area contributed by atoms with Gasteiger partial charge in [0.1, 0.15) is 48.0 Å². The van der Waals surface area contributed by atoms with E-state index >= 15 is 0 Å². The molecule has 2 aliphatic heterocycles. The normalized spacial score (nSPS) is 21.6. The van der Waals surface area contributed by atoms with E-state index in [9.17, 15) is 56.4 Å². The highest BCUT2D eigenvalue weighted by Gasteiger charge is 2.41. The molecule has 0 saturated carbocycles. The lowest BCUT2D eigenvalue weighted by molar-refractivity contribution is -0.161. The summed E-state index contributed by atoms with van der Waals surface area (Å²) < 4.78 is 144. The number of aromatic nitrogens is 4. The molecule has 2 aromatic heterocycles. The van der Waals surface area contributed by atoms with Gasteiger partial charge in [0, 0.05) is 44.2 Å². The second kappa shape index (κ2) is 38.4. The van der Waals surface area contributed by atoms with E-state index in [1.54, 1.807) is 0 Å². The number of nitrogens with one attached hydrogen (secondary N) is 4. The molecule has 0 aliphatic carbocycles. The number of halogens is 6. The number of carbonyl (C=O) groups is 2. The summed E-state index contributed by atoms with van der Waals surface area (Å²) in [6, 6.07) is -0.468. The first-order valence-corrected chi connectivity index (χ1v) is 26.0. The Balaban J connectivity index is 0.819. The Kier molecular flexibility index (Phi) is 32.7. The highest BCUT2D eigenvalue weighted by molar-refractivity contribution is 5.76. The maximum Gasteiger partial charge on any atom is 0.433 e. The Bertz CT molecular complexity index is 1860. The molecule has 0 aromatic carbocycles. The first-order chi connectivity index (χ1) is 38.4. The van der Waals surface area contributed by atoms with Crippen molar-refractivity contribution in [2.45, 2.75) is 80.8 Å². The average Bonchev–Trinajstić information content (AvgIpc) is 3.42. The Morgan fingerprint density at radius 3 is 1.21 bits per heavy atom. The van der Waals surface area contributed by atoms with Crippen molar-refractivity contribution in [3.63, 3.8) is 0 Å². The predicted molar refractivity (Wildman–Crippen MR) is 265 cm³/mol. The summed E-state index contributed by atoms with van der Waals surface area (Å²) in [5.74, 6) is -1.04. The average molecular weight is 1170 g/mol. The molecular formula is C48H76F6N8O18. The molecule has 4 heterocycles. The van der Waals surface area contributed by atoms with E-state index in [0.29, 0.717) is 79.2 Å². The van der Waals surface area contributed by atoms with Gasteiger partial charge in [-0.1, -0.05) is 6.92 Å². The van der Waals surface area contributed by atoms with Gasteiger partial charge in [0.2, 0.25) is 23.7 Å². The predicted octanol–water partition coefficient (Wildman–Crippen LogP) is -0.379. The lowest BCUT2D eigenvalue weighted by Gasteiger charge is -2.37. The van der Waals surface area contributed by atoms with Crippen molar-refractivity contribution in [2.75, 3.05) is 169 Å². The summed E-state index contributed by atoms with van der Waals surface area (Å²) in [6.45, 7) is 7.23. The largest absolute Gasteiger partial charge is 0.433 e. The van der Waals surface area contributed by atoms with Gasteiger partial charge in [-0.3, -0.25) is 9.59 Å². The molecule has 0 radical (unpaired) electrons. The van der Waals surface area contributed by atoms with Gasteiger partial charge in [-0.15, -0.1) is 0 Å². The molecule has 2 saturated heterocycles. The molecule has 26 nitrogen and oxygen atoms in total. The van der Waals surface area contributed by atoms with Crippen LogP contribution in [0, 0.1) is 5.92 Å². The molecule has 0 bridgehead atoms. The summed E-state index contributed by atoms with van der Waals surface area (Å²) in [4.78, 5) is 38.5. The summed E-state index contributed by atoms with van der Waals surface area (Å²) in [7, 11) is 0. The minimum Gasteiger partial charge on any atom is -0.388 e. The molecule has 458 valence electrons. The molecule has 2 fully saturated rings. The third-order valence-corrected chi connectivity index (χ3v) is 11.5. The van der Waals surface area contributed by atoms with E-state index in [-0.39, 0.29) is 122 Å². The molecule has 2 aromatic rings. The fraction of sp³-hybridized carbons (Fsp3) is 0.792. The van der Waals surface area contributed by atoms with Crippen molar-refractivity contribution in [3.05, 3.63) is 35.9 Å². The second-order valence-corrected chi connectivity index (χ2v) is 18.0. The van der Waals surface area contributed by atoms with Crippen LogP contribution in [-0.2, 0) is 78.8 Å². The summed E-state index contributed by atoms with van der Waals surface area (Å²) in [5.41, 5.74) is -2.30. The monoisotopic (exact) mass is 1170 g/mol. The SMILES string of the molecule is CC(COCCC(=O)NCCOCCOCCOCCOC[C@H]1OC[C@H](Nc2nccc(C(F)(F)F)n2)[C@@H](O)[C@H]1O)COCCC(=O)NCCOCCOCCOCCOC[C@H]1OC[C@H](Nc2nccc(C(F)(F)F)n2)[C@@H](O)[C@H]1O. The van der Waals surface area contributed by atoms with Crippen LogP contribution in [0.3, 0.4) is 0 Å². The van der Waals surface area contributed by atoms with Gasteiger partial charge in [-0.25, -0.2) is 19.9 Å². The molecule has 8 N–H and O–H groups in total. The van der Waals surface area contributed by atoms with Gasteiger partial charge < -0.3 is 98.5 Å². The van der Waals surface area contributed by atoms with Crippen LogP contribution >= 0.6 is 0 Å². The maximum absolute atomic E-state index is 12.9. The zero-order chi connectivity index (χ0) is 58.0. The van der Waals surface area contributed by atoms with Crippen LogP contribution in [0.2, 0.25) is 0 Å². The van der Waals surface area contributed by atoms with Gasteiger partial charge in [0.15, 0.2) is 0 Å². The third-order valence-electron chi connectivity index (χ3n) is 11.5. The van der Waals surface area contributed by atoms with E-state index < -0.39 is 72.4 Å². The van der Waals surface area contributed by atoms with E-state index in [2.05, 4.69) is 41.2 Å². The van der Waals surface area contributed by atoms with Crippen LogP contribution in [0.4, 0.5) is 38.2 Å². The Labute approximate surface area is 458 Å². The Morgan fingerprint density at radius 2 is 0.863 bits per heavy atom. The van der Waals surface area contributed by atoms with Crippen LogP contribution in [0.5, 0.6) is 0 Å². The zero-order valence-corrected chi connectivity index (χ0v) is 44.5. The highest BCUT2D eigenvalue weighted by atomic mass is 19.4. The molecule has 0 unspecified atom stereocenters. The number of rotatable bonds is 42. The number of carbonyl (C=O) groups excluding carboxylic acids is 2. The van der Waals surface area contributed by atoms with Crippen LogP contribution in [-0.4, -0.2) is 259 Å². The number of aliphatic hydroxyl groups is 4. The van der Waals surface area contributed by atoms with Gasteiger partial charge in [0.25, 0.3) is 0 Å². The van der Waals surface area contributed by atoms with E-state index in [0.717, 1.165) is 24.5 Å². The van der Waals surface area contributed by atoms with Crippen molar-refractivity contribution >= 4 is 23.7 Å². The lowest BCUT2D eigenvalue weighted by Crippen LogP contribution is -2.57. The summed E-state index contributed by atoms with van der Waals surface area (Å²) in [6.07, 6.45) is -14.4. The van der Waals surface area contributed by atoms with Crippen molar-refractivity contribution in [1.29, 1.82) is 0 Å². The Morgan fingerprint density at radius 1 is 0.525 bits per heavy atom. The van der Waals surface area contributed by atoms with E-state index in [4.69, 9.17) is 56.8 Å². The molecule has 80 heavy (non-hydrogen) atoms. The van der Waals surface area contributed by atoms with Crippen molar-refractivity contribution < 1.29 is 113 Å². The van der Waals surface area contributed by atoms with E-state index in [1.165, 1.54) is 0 Å². The van der Waals surface area contributed by atoms with Gasteiger partial charge in [0.05, 0.1) is 157 Å². The van der Waals surface area contributed by atoms with Gasteiger partial charge in [-0.2, -0.15) is 26.3 Å². The highest BCUT2D eigenvalue weighted by Crippen LogP contribution is 2.29. The number of ether oxygens (including phenoxy) is 12. The number of amides is 2. The number of aliphatic hydroxyl groups excluding tert-OH is 4. The minimum atomic E-state index is -4.67.